The molecule has 0 aromatic heterocycles. The molecule has 10 heteroatoms. The minimum absolute atomic E-state index is 0.146. The third-order valence-electron chi connectivity index (χ3n) is 2.46. The van der Waals surface area contributed by atoms with Gasteiger partial charge in [-0.2, -0.15) is 21.0 Å². The first-order chi connectivity index (χ1) is 11.9. The van der Waals surface area contributed by atoms with Crippen LogP contribution in [0.25, 0.3) is 0 Å². The molecule has 8 nitrogen and oxygen atoms in total. The summed E-state index contributed by atoms with van der Waals surface area (Å²) < 4.78 is 35.9. The highest BCUT2D eigenvalue weighted by molar-refractivity contribution is 7.82. The first-order valence-corrected chi connectivity index (χ1v) is 9.59. The number of hydrogen-bond donors (Lipinski definition) is 2. The molecule has 1 N–H and O–H groups in total. The average Bonchev–Trinajstić information content (AvgIpc) is 2.52. The van der Waals surface area contributed by atoms with Crippen molar-refractivity contribution in [2.45, 2.75) is 33.3 Å². The van der Waals surface area contributed by atoms with Gasteiger partial charge in [-0.1, -0.05) is 18.2 Å². The normalized spacial score (nSPS) is 11.0. The molecular formula is C16H25NO7S2. The van der Waals surface area contributed by atoms with Crippen molar-refractivity contribution in [3.63, 3.8) is 0 Å². The second kappa shape index (κ2) is 11.0. The van der Waals surface area contributed by atoms with E-state index < -0.39 is 16.4 Å². The van der Waals surface area contributed by atoms with Gasteiger partial charge in [0.25, 0.3) is 0 Å². The van der Waals surface area contributed by atoms with Crippen molar-refractivity contribution < 1.29 is 31.1 Å². The summed E-state index contributed by atoms with van der Waals surface area (Å²) in [5.74, 6) is -0.747. The summed E-state index contributed by atoms with van der Waals surface area (Å²) in [6.07, 6.45) is -0.387. The zero-order valence-electron chi connectivity index (χ0n) is 15.4. The number of carbonyl (C=O) groups is 2. The third-order valence-corrected chi connectivity index (χ3v) is 3.46. The second-order valence-corrected chi connectivity index (χ2v) is 7.56. The van der Waals surface area contributed by atoms with E-state index in [9.17, 15) is 18.0 Å². The fourth-order valence-corrected chi connectivity index (χ4v) is 2.26. The second-order valence-electron chi connectivity index (χ2n) is 5.89. The standard InChI is InChI=1S/C10H12O5S2.C6H13NO2/c1-8-4-2-3-5-9(8)10(11)15-17(12,13)14-6-7-16;1-6(2,3)9-5(8)7-4/h2-5,16H,6-7H2,1H3;1-4H3,(H,7,8). The Morgan fingerprint density at radius 3 is 2.19 bits per heavy atom. The maximum Gasteiger partial charge on any atom is 0.451 e. The first kappa shape index (κ1) is 24.2. The van der Waals surface area contributed by atoms with Gasteiger partial charge in [-0.3, -0.25) is 0 Å². The van der Waals surface area contributed by atoms with Crippen molar-refractivity contribution in [2.24, 2.45) is 0 Å². The molecule has 0 bridgehead atoms. The van der Waals surface area contributed by atoms with E-state index in [1.54, 1.807) is 25.1 Å². The van der Waals surface area contributed by atoms with Crippen molar-refractivity contribution in [3.05, 3.63) is 35.4 Å². The lowest BCUT2D eigenvalue weighted by atomic mass is 10.1. The van der Waals surface area contributed by atoms with Crippen LogP contribution in [0.3, 0.4) is 0 Å². The SMILES string of the molecule is CNC(=O)OC(C)(C)C.Cc1ccccc1C(=O)OS(=O)(=O)OCCS. The molecule has 1 amide bonds. The molecule has 1 aromatic rings. The smallest absolute Gasteiger partial charge is 0.444 e. The third kappa shape index (κ3) is 11.0. The van der Waals surface area contributed by atoms with E-state index in [1.165, 1.54) is 13.1 Å². The molecule has 148 valence electrons. The van der Waals surface area contributed by atoms with Crippen LogP contribution in [-0.2, 0) is 23.5 Å². The van der Waals surface area contributed by atoms with Gasteiger partial charge in [0.2, 0.25) is 0 Å². The lowest BCUT2D eigenvalue weighted by Gasteiger charge is -2.18. The lowest BCUT2D eigenvalue weighted by Crippen LogP contribution is -2.30. The predicted molar refractivity (Wildman–Crippen MR) is 101 cm³/mol. The van der Waals surface area contributed by atoms with E-state index in [0.29, 0.717) is 5.56 Å². The fourth-order valence-electron chi connectivity index (χ4n) is 1.43. The van der Waals surface area contributed by atoms with Crippen molar-refractivity contribution >= 4 is 35.1 Å². The molecule has 1 rings (SSSR count). The van der Waals surface area contributed by atoms with Gasteiger partial charge < -0.3 is 14.2 Å². The van der Waals surface area contributed by atoms with Crippen LogP contribution < -0.4 is 5.32 Å². The van der Waals surface area contributed by atoms with Crippen LogP contribution in [0.5, 0.6) is 0 Å². The van der Waals surface area contributed by atoms with Crippen LogP contribution in [0, 0.1) is 6.92 Å². The Morgan fingerprint density at radius 1 is 1.19 bits per heavy atom. The number of nitrogens with one attached hydrogen (secondary N) is 1. The Hall–Kier alpha value is -1.78. The first-order valence-electron chi connectivity index (χ1n) is 7.62. The van der Waals surface area contributed by atoms with Crippen LogP contribution in [0.2, 0.25) is 0 Å². The van der Waals surface area contributed by atoms with Gasteiger partial charge >= 0.3 is 22.5 Å². The summed E-state index contributed by atoms with van der Waals surface area (Å²) in [5.41, 5.74) is 0.424. The molecule has 0 saturated heterocycles. The maximum atomic E-state index is 11.5. The van der Waals surface area contributed by atoms with Crippen LogP contribution in [0.15, 0.2) is 24.3 Å². The van der Waals surface area contributed by atoms with Crippen LogP contribution in [0.4, 0.5) is 4.79 Å². The summed E-state index contributed by atoms with van der Waals surface area (Å²) >= 11 is 3.78. The highest BCUT2D eigenvalue weighted by Crippen LogP contribution is 2.11. The molecule has 0 aliphatic carbocycles. The lowest BCUT2D eigenvalue weighted by molar-refractivity contribution is 0.0540. The summed E-state index contributed by atoms with van der Waals surface area (Å²) in [4.78, 5) is 22.0. The molecule has 0 saturated carbocycles. The minimum atomic E-state index is -4.31. The van der Waals surface area contributed by atoms with E-state index in [2.05, 4.69) is 26.3 Å². The number of rotatable bonds is 5. The van der Waals surface area contributed by atoms with Gasteiger partial charge in [-0.05, 0) is 39.3 Å². The van der Waals surface area contributed by atoms with Gasteiger partial charge in [0.1, 0.15) is 5.60 Å². The van der Waals surface area contributed by atoms with E-state index in [4.69, 9.17) is 4.74 Å². The monoisotopic (exact) mass is 407 g/mol. The molecule has 0 fully saturated rings. The number of thiol groups is 1. The van der Waals surface area contributed by atoms with Crippen LogP contribution in [0.1, 0.15) is 36.7 Å². The molecular weight excluding hydrogens is 382 g/mol. The Kier molecular flexibility index (Phi) is 10.3. The van der Waals surface area contributed by atoms with Crippen molar-refractivity contribution in [1.29, 1.82) is 0 Å². The molecule has 0 heterocycles. The van der Waals surface area contributed by atoms with E-state index in [0.717, 1.165) is 0 Å². The topological polar surface area (TPSA) is 108 Å². The van der Waals surface area contributed by atoms with E-state index >= 15 is 0 Å². The fraction of sp³-hybridized carbons (Fsp3) is 0.500. The summed E-state index contributed by atoms with van der Waals surface area (Å²) in [6.45, 7) is 7.00. The molecule has 0 aliphatic rings. The van der Waals surface area contributed by atoms with Gasteiger partial charge in [0.05, 0.1) is 12.2 Å². The molecule has 0 unspecified atom stereocenters. The quantitative estimate of drug-likeness (QED) is 0.722. The molecule has 0 radical (unpaired) electrons. The number of alkyl carbamates (subject to hydrolysis) is 1. The largest absolute Gasteiger partial charge is 0.451 e. The number of aryl methyl sites for hydroxylation is 1. The number of carbonyl (C=O) groups excluding carboxylic acids is 2. The van der Waals surface area contributed by atoms with E-state index in [-0.39, 0.29) is 29.6 Å². The van der Waals surface area contributed by atoms with Gasteiger partial charge in [0.15, 0.2) is 0 Å². The Morgan fingerprint density at radius 2 is 1.77 bits per heavy atom. The molecule has 26 heavy (non-hydrogen) atoms. The number of ether oxygens (including phenoxy) is 1. The summed E-state index contributed by atoms with van der Waals surface area (Å²) in [6, 6.07) is 6.51. The number of benzene rings is 1. The summed E-state index contributed by atoms with van der Waals surface area (Å²) in [5, 5.41) is 2.36. The molecule has 0 aliphatic heterocycles. The van der Waals surface area contributed by atoms with Crippen LogP contribution >= 0.6 is 12.6 Å². The molecule has 0 spiro atoms. The highest BCUT2D eigenvalue weighted by Gasteiger charge is 2.20. The number of hydrogen-bond acceptors (Lipinski definition) is 8. The van der Waals surface area contributed by atoms with E-state index in [1.807, 2.05) is 20.8 Å². The minimum Gasteiger partial charge on any atom is -0.444 e. The van der Waals surface area contributed by atoms with Crippen LogP contribution in [-0.4, -0.2) is 45.5 Å². The maximum absolute atomic E-state index is 11.5. The summed E-state index contributed by atoms with van der Waals surface area (Å²) in [7, 11) is -2.77. The van der Waals surface area contributed by atoms with Crippen molar-refractivity contribution in [3.8, 4) is 0 Å². The predicted octanol–water partition coefficient (Wildman–Crippen LogP) is 2.48. The Balaban J connectivity index is 0.000000590. The van der Waals surface area contributed by atoms with Gasteiger partial charge in [0, 0.05) is 12.8 Å². The molecule has 0 atom stereocenters. The number of amides is 1. The Bertz CT molecular complexity index is 697. The van der Waals surface area contributed by atoms with Crippen molar-refractivity contribution in [1.82, 2.24) is 5.32 Å². The molecule has 1 aromatic carbocycles. The van der Waals surface area contributed by atoms with Gasteiger partial charge in [-0.25, -0.2) is 13.8 Å². The zero-order valence-corrected chi connectivity index (χ0v) is 17.1. The van der Waals surface area contributed by atoms with Gasteiger partial charge in [-0.15, -0.1) is 0 Å². The van der Waals surface area contributed by atoms with Crippen molar-refractivity contribution in [2.75, 3.05) is 19.4 Å². The average molecular weight is 408 g/mol. The highest BCUT2D eigenvalue weighted by atomic mass is 32.3. The zero-order chi connectivity index (χ0) is 20.4. The Labute approximate surface area is 159 Å².